The number of nitrogens with zero attached hydrogens (tertiary/aromatic N) is 4. The van der Waals surface area contributed by atoms with Gasteiger partial charge in [-0.1, -0.05) is 36.0 Å². The fourth-order valence-electron chi connectivity index (χ4n) is 2.08. The second kappa shape index (κ2) is 8.39. The number of carbonyl (C=O) groups is 1. The van der Waals surface area contributed by atoms with Crippen molar-refractivity contribution in [3.05, 3.63) is 77.4 Å². The number of hydrogen-bond donors (Lipinski definition) is 1. The van der Waals surface area contributed by atoms with Crippen LogP contribution in [0.25, 0.3) is 0 Å². The highest BCUT2D eigenvalue weighted by Crippen LogP contribution is 2.20. The fourth-order valence-corrected chi connectivity index (χ4v) is 2.93. The lowest BCUT2D eigenvalue weighted by Gasteiger charge is -2.03. The summed E-state index contributed by atoms with van der Waals surface area (Å²) in [4.78, 5) is 12.1. The van der Waals surface area contributed by atoms with Gasteiger partial charge in [0.05, 0.1) is 6.21 Å². The summed E-state index contributed by atoms with van der Waals surface area (Å²) in [6.45, 7) is 0. The highest BCUT2D eigenvalue weighted by Gasteiger charge is 2.06. The summed E-state index contributed by atoms with van der Waals surface area (Å²) in [5.41, 5.74) is 4.73. The predicted molar refractivity (Wildman–Crippen MR) is 98.5 cm³/mol. The summed E-state index contributed by atoms with van der Waals surface area (Å²) in [5.74, 6) is 0.108. The first-order chi connectivity index (χ1) is 12.6. The van der Waals surface area contributed by atoms with Gasteiger partial charge >= 0.3 is 0 Å². The van der Waals surface area contributed by atoms with Crippen LogP contribution in [0.1, 0.15) is 21.5 Å². The Hall–Kier alpha value is -3.00. The summed E-state index contributed by atoms with van der Waals surface area (Å²) in [5, 5.41) is 12.6. The number of rotatable bonds is 6. The van der Waals surface area contributed by atoms with Crippen LogP contribution >= 0.6 is 11.8 Å². The molecule has 0 aliphatic rings. The van der Waals surface area contributed by atoms with Crippen molar-refractivity contribution in [1.82, 2.24) is 20.2 Å². The Morgan fingerprint density at radius 1 is 1.23 bits per heavy atom. The molecule has 8 heteroatoms. The van der Waals surface area contributed by atoms with Crippen LogP contribution in [0, 0.1) is 5.82 Å². The van der Waals surface area contributed by atoms with Gasteiger partial charge in [-0.15, -0.1) is 10.2 Å². The molecule has 1 N–H and O–H groups in total. The van der Waals surface area contributed by atoms with Gasteiger partial charge in [-0.3, -0.25) is 4.79 Å². The second-order valence-electron chi connectivity index (χ2n) is 5.46. The average molecular weight is 369 g/mol. The van der Waals surface area contributed by atoms with Crippen molar-refractivity contribution >= 4 is 23.9 Å². The number of thioether (sulfide) groups is 1. The molecule has 132 valence electrons. The molecule has 1 amide bonds. The van der Waals surface area contributed by atoms with Gasteiger partial charge < -0.3 is 4.57 Å². The quantitative estimate of drug-likeness (QED) is 0.412. The van der Waals surface area contributed by atoms with Crippen molar-refractivity contribution in [2.75, 3.05) is 0 Å². The molecule has 0 saturated heterocycles. The Labute approximate surface area is 154 Å². The molecule has 3 aromatic rings. The monoisotopic (exact) mass is 369 g/mol. The number of halogens is 1. The molecule has 0 bridgehead atoms. The summed E-state index contributed by atoms with van der Waals surface area (Å²) < 4.78 is 14.7. The van der Waals surface area contributed by atoms with Crippen LogP contribution in [0.2, 0.25) is 0 Å². The topological polar surface area (TPSA) is 72.2 Å². The molecule has 0 fully saturated rings. The number of benzene rings is 2. The number of nitrogens with one attached hydrogen (secondary N) is 1. The lowest BCUT2D eigenvalue weighted by molar-refractivity contribution is 0.0955. The molecular formula is C18H16FN5OS. The maximum absolute atomic E-state index is 12.8. The zero-order valence-corrected chi connectivity index (χ0v) is 14.8. The van der Waals surface area contributed by atoms with Crippen molar-refractivity contribution in [3.8, 4) is 0 Å². The van der Waals surface area contributed by atoms with E-state index in [1.165, 1.54) is 18.3 Å². The van der Waals surface area contributed by atoms with Crippen LogP contribution in [-0.2, 0) is 12.8 Å². The normalized spacial score (nSPS) is 11.0. The predicted octanol–water partition coefficient (Wildman–Crippen LogP) is 3.01. The SMILES string of the molecule is Cn1cnnc1SCc1ccc(C(=O)N/N=C/c2ccc(F)cc2)cc1. The number of hydrogen-bond acceptors (Lipinski definition) is 5. The minimum atomic E-state index is -0.316. The van der Waals surface area contributed by atoms with Crippen molar-refractivity contribution in [2.45, 2.75) is 10.9 Å². The van der Waals surface area contributed by atoms with E-state index in [2.05, 4.69) is 20.7 Å². The van der Waals surface area contributed by atoms with Gasteiger partial charge in [0, 0.05) is 18.4 Å². The van der Waals surface area contributed by atoms with Crippen LogP contribution in [0.5, 0.6) is 0 Å². The van der Waals surface area contributed by atoms with E-state index >= 15 is 0 Å². The van der Waals surface area contributed by atoms with E-state index in [0.717, 1.165) is 16.5 Å². The fraction of sp³-hybridized carbons (Fsp3) is 0.111. The van der Waals surface area contributed by atoms with Crippen molar-refractivity contribution in [2.24, 2.45) is 12.1 Å². The molecule has 0 aliphatic carbocycles. The molecule has 1 aromatic heterocycles. The van der Waals surface area contributed by atoms with Gasteiger partial charge in [0.15, 0.2) is 5.16 Å². The van der Waals surface area contributed by atoms with Gasteiger partial charge in [0.2, 0.25) is 0 Å². The van der Waals surface area contributed by atoms with E-state index in [4.69, 9.17) is 0 Å². The van der Waals surface area contributed by atoms with Gasteiger partial charge in [-0.25, -0.2) is 9.82 Å². The van der Waals surface area contributed by atoms with E-state index in [1.54, 1.807) is 42.4 Å². The molecule has 0 saturated carbocycles. The Kier molecular flexibility index (Phi) is 5.75. The van der Waals surface area contributed by atoms with Crippen LogP contribution in [0.3, 0.4) is 0 Å². The van der Waals surface area contributed by atoms with Crippen LogP contribution in [-0.4, -0.2) is 26.9 Å². The average Bonchev–Trinajstić information content (AvgIpc) is 3.07. The first-order valence-electron chi connectivity index (χ1n) is 7.76. The number of hydrazone groups is 1. The van der Waals surface area contributed by atoms with E-state index < -0.39 is 0 Å². The van der Waals surface area contributed by atoms with Crippen LogP contribution in [0.15, 0.2) is 65.1 Å². The lowest BCUT2D eigenvalue weighted by atomic mass is 10.1. The molecular weight excluding hydrogens is 353 g/mol. The lowest BCUT2D eigenvalue weighted by Crippen LogP contribution is -2.17. The van der Waals surface area contributed by atoms with Gasteiger partial charge in [0.1, 0.15) is 12.1 Å². The number of amides is 1. The van der Waals surface area contributed by atoms with Crippen molar-refractivity contribution in [3.63, 3.8) is 0 Å². The van der Waals surface area contributed by atoms with Gasteiger partial charge in [-0.2, -0.15) is 5.10 Å². The first-order valence-corrected chi connectivity index (χ1v) is 8.75. The van der Waals surface area contributed by atoms with Gasteiger partial charge in [-0.05, 0) is 35.4 Å². The maximum Gasteiger partial charge on any atom is 0.271 e. The Morgan fingerprint density at radius 3 is 2.62 bits per heavy atom. The van der Waals surface area contributed by atoms with E-state index in [1.807, 2.05) is 23.7 Å². The zero-order valence-electron chi connectivity index (χ0n) is 14.0. The summed E-state index contributed by atoms with van der Waals surface area (Å²) in [7, 11) is 1.89. The number of carbonyl (C=O) groups excluding carboxylic acids is 1. The van der Waals surface area contributed by atoms with Crippen LogP contribution < -0.4 is 5.43 Å². The van der Waals surface area contributed by atoms with Crippen molar-refractivity contribution < 1.29 is 9.18 Å². The summed E-state index contributed by atoms with van der Waals surface area (Å²) in [6, 6.07) is 13.1. The summed E-state index contributed by atoms with van der Waals surface area (Å²) in [6.07, 6.45) is 3.12. The highest BCUT2D eigenvalue weighted by atomic mass is 32.2. The molecule has 0 radical (unpaired) electrons. The molecule has 0 atom stereocenters. The first kappa shape index (κ1) is 17.8. The van der Waals surface area contributed by atoms with E-state index in [-0.39, 0.29) is 11.7 Å². The standard InChI is InChI=1S/C18H16FN5OS/c1-24-12-21-23-18(24)26-11-14-2-6-15(7-3-14)17(25)22-20-10-13-4-8-16(19)9-5-13/h2-10,12H,11H2,1H3,(H,22,25)/b20-10+. The smallest absolute Gasteiger partial charge is 0.271 e. The Balaban J connectivity index is 1.53. The minimum absolute atomic E-state index is 0.309. The third kappa shape index (κ3) is 4.76. The van der Waals surface area contributed by atoms with Crippen molar-refractivity contribution in [1.29, 1.82) is 0 Å². The summed E-state index contributed by atoms with van der Waals surface area (Å²) >= 11 is 1.57. The largest absolute Gasteiger partial charge is 0.312 e. The Morgan fingerprint density at radius 2 is 1.96 bits per heavy atom. The maximum atomic E-state index is 12.8. The van der Waals surface area contributed by atoms with Crippen LogP contribution in [0.4, 0.5) is 4.39 Å². The zero-order chi connectivity index (χ0) is 18.4. The molecule has 0 unspecified atom stereocenters. The molecule has 3 rings (SSSR count). The number of aryl methyl sites for hydroxylation is 1. The van der Waals surface area contributed by atoms with E-state index in [0.29, 0.717) is 11.1 Å². The number of aromatic nitrogens is 3. The molecule has 6 nitrogen and oxygen atoms in total. The second-order valence-corrected chi connectivity index (χ2v) is 6.40. The molecule has 1 heterocycles. The molecule has 0 aliphatic heterocycles. The molecule has 2 aromatic carbocycles. The third-order valence-electron chi connectivity index (χ3n) is 3.50. The molecule has 26 heavy (non-hydrogen) atoms. The van der Waals surface area contributed by atoms with Gasteiger partial charge in [0.25, 0.3) is 5.91 Å². The highest BCUT2D eigenvalue weighted by molar-refractivity contribution is 7.98. The minimum Gasteiger partial charge on any atom is -0.312 e. The third-order valence-corrected chi connectivity index (χ3v) is 4.61. The van der Waals surface area contributed by atoms with E-state index in [9.17, 15) is 9.18 Å². The molecule has 0 spiro atoms. The Bertz CT molecular complexity index is 906.